The summed E-state index contributed by atoms with van der Waals surface area (Å²) in [6, 6.07) is 4.47. The van der Waals surface area contributed by atoms with E-state index in [2.05, 4.69) is 21.2 Å². The van der Waals surface area contributed by atoms with Gasteiger partial charge < -0.3 is 10.4 Å². The highest BCUT2D eigenvalue weighted by Gasteiger charge is 2.06. The molecule has 1 unspecified atom stereocenters. The standard InChI is InChI=1S/C15H17BrFNO3/c1-10(2-7-15(20)21)9-18-14(19)6-3-11-8-12(16)4-5-13(11)17/h3-6,8,10H,2,7,9H2,1H3,(H,18,19)(H,20,21)/b6-3+. The van der Waals surface area contributed by atoms with Gasteiger partial charge in [0, 0.05) is 29.1 Å². The Hall–Kier alpha value is -1.69. The summed E-state index contributed by atoms with van der Waals surface area (Å²) in [5.41, 5.74) is 0.318. The van der Waals surface area contributed by atoms with Gasteiger partial charge in [-0.05, 0) is 36.6 Å². The lowest BCUT2D eigenvalue weighted by Gasteiger charge is -2.09. The van der Waals surface area contributed by atoms with Gasteiger partial charge in [0.1, 0.15) is 5.82 Å². The monoisotopic (exact) mass is 357 g/mol. The lowest BCUT2D eigenvalue weighted by molar-refractivity contribution is -0.137. The van der Waals surface area contributed by atoms with Gasteiger partial charge in [0.15, 0.2) is 0 Å². The number of carbonyl (C=O) groups excluding carboxylic acids is 1. The molecule has 0 spiro atoms. The van der Waals surface area contributed by atoms with E-state index < -0.39 is 11.8 Å². The molecule has 6 heteroatoms. The molecule has 1 rings (SSSR count). The molecular weight excluding hydrogens is 341 g/mol. The SMILES string of the molecule is CC(CCC(=O)O)CNC(=O)/C=C/c1cc(Br)ccc1F. The smallest absolute Gasteiger partial charge is 0.303 e. The van der Waals surface area contributed by atoms with E-state index in [-0.39, 0.29) is 18.2 Å². The average molecular weight is 358 g/mol. The second-order valence-electron chi connectivity index (χ2n) is 4.78. The van der Waals surface area contributed by atoms with Crippen molar-refractivity contribution in [3.63, 3.8) is 0 Å². The predicted octanol–water partition coefficient (Wildman–Crippen LogP) is 3.22. The van der Waals surface area contributed by atoms with Crippen molar-refractivity contribution in [3.8, 4) is 0 Å². The summed E-state index contributed by atoms with van der Waals surface area (Å²) in [4.78, 5) is 22.0. The number of rotatable bonds is 7. The van der Waals surface area contributed by atoms with Crippen LogP contribution in [-0.4, -0.2) is 23.5 Å². The molecule has 1 aromatic rings. The predicted molar refractivity (Wildman–Crippen MR) is 82.2 cm³/mol. The molecule has 0 aliphatic carbocycles. The van der Waals surface area contributed by atoms with E-state index in [0.29, 0.717) is 18.5 Å². The first-order valence-corrected chi connectivity index (χ1v) is 7.30. The van der Waals surface area contributed by atoms with Crippen LogP contribution in [0, 0.1) is 11.7 Å². The average Bonchev–Trinajstić information content (AvgIpc) is 2.43. The Morgan fingerprint density at radius 3 is 2.86 bits per heavy atom. The molecule has 0 aliphatic heterocycles. The highest BCUT2D eigenvalue weighted by atomic mass is 79.9. The zero-order valence-electron chi connectivity index (χ0n) is 11.6. The molecule has 0 saturated carbocycles. The van der Waals surface area contributed by atoms with Gasteiger partial charge in [0.25, 0.3) is 0 Å². The number of nitrogens with one attached hydrogen (secondary N) is 1. The summed E-state index contributed by atoms with van der Waals surface area (Å²) in [5.74, 6) is -1.52. The minimum absolute atomic E-state index is 0.0704. The molecule has 4 nitrogen and oxygen atoms in total. The number of halogens is 2. The molecule has 114 valence electrons. The van der Waals surface area contributed by atoms with Crippen molar-refractivity contribution >= 4 is 33.9 Å². The lowest BCUT2D eigenvalue weighted by Crippen LogP contribution is -2.26. The summed E-state index contributed by atoms with van der Waals surface area (Å²) in [6.45, 7) is 2.25. The first kappa shape index (κ1) is 17.4. The molecular formula is C15H17BrFNO3. The van der Waals surface area contributed by atoms with Gasteiger partial charge in [-0.25, -0.2) is 4.39 Å². The first-order valence-electron chi connectivity index (χ1n) is 6.51. The Bertz CT molecular complexity index is 546. The second kappa shape index (κ2) is 8.56. The van der Waals surface area contributed by atoms with Crippen molar-refractivity contribution in [2.75, 3.05) is 6.54 Å². The van der Waals surface area contributed by atoms with Crippen LogP contribution in [0.1, 0.15) is 25.3 Å². The van der Waals surface area contributed by atoms with Gasteiger partial charge >= 0.3 is 5.97 Å². The van der Waals surface area contributed by atoms with Crippen molar-refractivity contribution in [2.24, 2.45) is 5.92 Å². The fraction of sp³-hybridized carbons (Fsp3) is 0.333. The maximum atomic E-state index is 13.5. The highest BCUT2D eigenvalue weighted by Crippen LogP contribution is 2.16. The first-order chi connectivity index (χ1) is 9.88. The third-order valence-corrected chi connectivity index (χ3v) is 3.34. The zero-order chi connectivity index (χ0) is 15.8. The van der Waals surface area contributed by atoms with Crippen molar-refractivity contribution in [2.45, 2.75) is 19.8 Å². The maximum Gasteiger partial charge on any atom is 0.303 e. The van der Waals surface area contributed by atoms with Crippen molar-refractivity contribution in [1.82, 2.24) is 5.32 Å². The minimum atomic E-state index is -0.849. The minimum Gasteiger partial charge on any atom is -0.481 e. The Morgan fingerprint density at radius 2 is 2.19 bits per heavy atom. The van der Waals surface area contributed by atoms with Crippen molar-refractivity contribution in [3.05, 3.63) is 40.1 Å². The molecule has 0 aromatic heterocycles. The molecule has 1 aromatic carbocycles. The third kappa shape index (κ3) is 7.04. The number of carbonyl (C=O) groups is 2. The second-order valence-corrected chi connectivity index (χ2v) is 5.70. The number of benzene rings is 1. The van der Waals surface area contributed by atoms with Crippen LogP contribution in [0.4, 0.5) is 4.39 Å². The zero-order valence-corrected chi connectivity index (χ0v) is 13.2. The van der Waals surface area contributed by atoms with E-state index in [1.807, 2.05) is 6.92 Å². The normalized spacial score (nSPS) is 12.3. The largest absolute Gasteiger partial charge is 0.481 e. The molecule has 1 atom stereocenters. The van der Waals surface area contributed by atoms with Crippen LogP contribution in [0.3, 0.4) is 0 Å². The van der Waals surface area contributed by atoms with Crippen LogP contribution in [0.25, 0.3) is 6.08 Å². The fourth-order valence-corrected chi connectivity index (χ4v) is 1.99. The Labute approximate surface area is 131 Å². The van der Waals surface area contributed by atoms with Gasteiger partial charge in [-0.3, -0.25) is 9.59 Å². The van der Waals surface area contributed by atoms with Gasteiger partial charge in [-0.1, -0.05) is 22.9 Å². The van der Waals surface area contributed by atoms with E-state index in [4.69, 9.17) is 5.11 Å². The topological polar surface area (TPSA) is 66.4 Å². The molecule has 0 saturated heterocycles. The van der Waals surface area contributed by atoms with Gasteiger partial charge in [0.2, 0.25) is 5.91 Å². The quantitative estimate of drug-likeness (QED) is 0.736. The highest BCUT2D eigenvalue weighted by molar-refractivity contribution is 9.10. The third-order valence-electron chi connectivity index (χ3n) is 2.85. The van der Waals surface area contributed by atoms with E-state index in [0.717, 1.165) is 4.47 Å². The molecule has 0 heterocycles. The van der Waals surface area contributed by atoms with Crippen LogP contribution in [-0.2, 0) is 9.59 Å². The summed E-state index contributed by atoms with van der Waals surface area (Å²) >= 11 is 3.23. The Morgan fingerprint density at radius 1 is 1.48 bits per heavy atom. The number of carboxylic acids is 1. The molecule has 0 bridgehead atoms. The van der Waals surface area contributed by atoms with E-state index in [1.54, 1.807) is 12.1 Å². The lowest BCUT2D eigenvalue weighted by atomic mass is 10.1. The summed E-state index contributed by atoms with van der Waals surface area (Å²) in [6.07, 6.45) is 3.24. The van der Waals surface area contributed by atoms with Crippen LogP contribution in [0.15, 0.2) is 28.7 Å². The van der Waals surface area contributed by atoms with Gasteiger partial charge in [0.05, 0.1) is 0 Å². The van der Waals surface area contributed by atoms with Crippen LogP contribution in [0.5, 0.6) is 0 Å². The molecule has 1 amide bonds. The summed E-state index contributed by atoms with van der Waals surface area (Å²) in [7, 11) is 0. The Balaban J connectivity index is 2.44. The fourth-order valence-electron chi connectivity index (χ4n) is 1.61. The Kier molecular flexibility index (Phi) is 7.08. The molecule has 0 fully saturated rings. The summed E-state index contributed by atoms with van der Waals surface area (Å²) < 4.78 is 14.2. The number of hydrogen-bond donors (Lipinski definition) is 2. The van der Waals surface area contributed by atoms with Gasteiger partial charge in [-0.15, -0.1) is 0 Å². The number of carboxylic acid groups (broad SMARTS) is 1. The molecule has 0 aliphatic rings. The van der Waals surface area contributed by atoms with Crippen molar-refractivity contribution < 1.29 is 19.1 Å². The molecule has 2 N–H and O–H groups in total. The number of amides is 1. The van der Waals surface area contributed by atoms with Crippen LogP contribution < -0.4 is 5.32 Å². The van der Waals surface area contributed by atoms with E-state index >= 15 is 0 Å². The van der Waals surface area contributed by atoms with E-state index in [9.17, 15) is 14.0 Å². The van der Waals surface area contributed by atoms with E-state index in [1.165, 1.54) is 18.2 Å². The van der Waals surface area contributed by atoms with Gasteiger partial charge in [-0.2, -0.15) is 0 Å². The van der Waals surface area contributed by atoms with Crippen LogP contribution in [0.2, 0.25) is 0 Å². The van der Waals surface area contributed by atoms with Crippen LogP contribution >= 0.6 is 15.9 Å². The summed E-state index contributed by atoms with van der Waals surface area (Å²) in [5, 5.41) is 11.2. The maximum absolute atomic E-state index is 13.5. The van der Waals surface area contributed by atoms with Crippen molar-refractivity contribution in [1.29, 1.82) is 0 Å². The molecule has 0 radical (unpaired) electrons. The number of aliphatic carboxylic acids is 1. The molecule has 21 heavy (non-hydrogen) atoms. The number of hydrogen-bond acceptors (Lipinski definition) is 2.